The lowest BCUT2D eigenvalue weighted by Crippen LogP contribution is -2.58. The maximum Gasteiger partial charge on any atom is 0.303 e. The summed E-state index contributed by atoms with van der Waals surface area (Å²) in [5, 5.41) is 9.23. The van der Waals surface area contributed by atoms with Crippen molar-refractivity contribution in [3.8, 4) is 0 Å². The van der Waals surface area contributed by atoms with Crippen LogP contribution in [-0.4, -0.2) is 35.9 Å². The van der Waals surface area contributed by atoms with Crippen LogP contribution < -0.4 is 0 Å². The molecule has 5 heteroatoms. The van der Waals surface area contributed by atoms with Crippen LogP contribution in [0.5, 0.6) is 0 Å². The quantitative estimate of drug-likeness (QED) is 0.321. The van der Waals surface area contributed by atoms with E-state index < -0.39 is 5.97 Å². The van der Waals surface area contributed by atoms with E-state index in [-0.39, 0.29) is 41.5 Å². The second-order valence-corrected chi connectivity index (χ2v) is 13.4. The van der Waals surface area contributed by atoms with E-state index in [0.29, 0.717) is 29.5 Å². The van der Waals surface area contributed by atoms with Crippen molar-refractivity contribution in [1.82, 2.24) is 0 Å². The fourth-order valence-electron chi connectivity index (χ4n) is 9.86. The lowest BCUT2D eigenvalue weighted by molar-refractivity contribution is -0.207. The summed E-state index contributed by atoms with van der Waals surface area (Å²) in [5.41, 5.74) is 1.38. The highest BCUT2D eigenvalue weighted by Crippen LogP contribution is 2.68. The summed E-state index contributed by atoms with van der Waals surface area (Å²) in [5.74, 6) is 1.95. The number of carboxylic acids is 1. The number of hydrogen-bond donors (Lipinski definition) is 1. The van der Waals surface area contributed by atoms with Gasteiger partial charge in [0, 0.05) is 18.9 Å². The van der Waals surface area contributed by atoms with Gasteiger partial charge in [0.2, 0.25) is 0 Å². The number of rotatable bonds is 6. The molecule has 0 aromatic rings. The van der Waals surface area contributed by atoms with Gasteiger partial charge in [-0.05, 0) is 124 Å². The summed E-state index contributed by atoms with van der Waals surface area (Å²) < 4.78 is 12.3. The molecule has 0 bridgehead atoms. The zero-order valence-electron chi connectivity index (χ0n) is 23.0. The van der Waals surface area contributed by atoms with E-state index >= 15 is 0 Å². The summed E-state index contributed by atoms with van der Waals surface area (Å²) in [6.45, 7) is 10.0. The Kier molecular flexibility index (Phi) is 7.46. The molecule has 5 rings (SSSR count). The van der Waals surface area contributed by atoms with Crippen molar-refractivity contribution in [2.75, 3.05) is 6.61 Å². The van der Waals surface area contributed by atoms with Gasteiger partial charge in [0.15, 0.2) is 12.1 Å². The second kappa shape index (κ2) is 10.2. The highest BCUT2D eigenvalue weighted by Gasteiger charge is 2.64. The predicted molar refractivity (Wildman–Crippen MR) is 139 cm³/mol. The van der Waals surface area contributed by atoms with E-state index in [4.69, 9.17) is 9.47 Å². The molecule has 0 aromatic carbocycles. The van der Waals surface area contributed by atoms with E-state index in [1.807, 2.05) is 0 Å². The average molecular weight is 501 g/mol. The number of carbonyl (C=O) groups is 2. The van der Waals surface area contributed by atoms with E-state index in [2.05, 4.69) is 33.8 Å². The van der Waals surface area contributed by atoms with Crippen LogP contribution in [0.15, 0.2) is 11.6 Å². The van der Waals surface area contributed by atoms with Gasteiger partial charge < -0.3 is 14.6 Å². The molecule has 5 nitrogen and oxygen atoms in total. The Bertz CT molecular complexity index is 874. The van der Waals surface area contributed by atoms with Crippen LogP contribution in [0.3, 0.4) is 0 Å². The smallest absolute Gasteiger partial charge is 0.303 e. The highest BCUT2D eigenvalue weighted by molar-refractivity contribution is 5.99. The molecular formula is C31H48O5. The van der Waals surface area contributed by atoms with Gasteiger partial charge in [-0.3, -0.25) is 9.59 Å². The Morgan fingerprint density at radius 3 is 2.56 bits per heavy atom. The van der Waals surface area contributed by atoms with E-state index in [9.17, 15) is 14.7 Å². The van der Waals surface area contributed by atoms with E-state index in [1.165, 1.54) is 12.8 Å². The fraction of sp³-hybridized carbons (Fsp3) is 0.871. The van der Waals surface area contributed by atoms with Crippen LogP contribution in [0, 0.1) is 46.3 Å². The minimum Gasteiger partial charge on any atom is -0.481 e. The van der Waals surface area contributed by atoms with Gasteiger partial charge in [-0.2, -0.15) is 0 Å². The van der Waals surface area contributed by atoms with Crippen molar-refractivity contribution in [3.05, 3.63) is 11.6 Å². The molecule has 5 aliphatic rings. The van der Waals surface area contributed by atoms with E-state index in [0.717, 1.165) is 70.0 Å². The van der Waals surface area contributed by atoms with Crippen LogP contribution in [0.4, 0.5) is 0 Å². The van der Waals surface area contributed by atoms with Gasteiger partial charge in [0.25, 0.3) is 0 Å². The molecule has 0 radical (unpaired) electrons. The molecule has 202 valence electrons. The normalized spacial score (nSPS) is 46.6. The van der Waals surface area contributed by atoms with Gasteiger partial charge >= 0.3 is 5.97 Å². The second-order valence-electron chi connectivity index (χ2n) is 13.4. The van der Waals surface area contributed by atoms with Crippen molar-refractivity contribution in [2.45, 2.75) is 117 Å². The molecule has 36 heavy (non-hydrogen) atoms. The van der Waals surface area contributed by atoms with E-state index in [1.54, 1.807) is 0 Å². The molecule has 5 fully saturated rings. The van der Waals surface area contributed by atoms with Crippen molar-refractivity contribution in [2.24, 2.45) is 46.3 Å². The van der Waals surface area contributed by atoms with Crippen LogP contribution in [-0.2, 0) is 19.1 Å². The van der Waals surface area contributed by atoms with Crippen LogP contribution in [0.2, 0.25) is 0 Å². The Labute approximate surface area is 217 Å². The van der Waals surface area contributed by atoms with Crippen molar-refractivity contribution in [1.29, 1.82) is 0 Å². The minimum absolute atomic E-state index is 0.0665. The Hall–Kier alpha value is -1.20. The third kappa shape index (κ3) is 4.40. The van der Waals surface area contributed by atoms with Gasteiger partial charge in [-0.1, -0.05) is 26.8 Å². The third-order valence-corrected chi connectivity index (χ3v) is 11.7. The monoisotopic (exact) mass is 500 g/mol. The number of ether oxygens (including phenoxy) is 2. The van der Waals surface area contributed by atoms with Crippen molar-refractivity contribution >= 4 is 11.8 Å². The highest BCUT2D eigenvalue weighted by atomic mass is 16.7. The van der Waals surface area contributed by atoms with Gasteiger partial charge in [-0.25, -0.2) is 0 Å². The van der Waals surface area contributed by atoms with Crippen LogP contribution in [0.25, 0.3) is 0 Å². The molecule has 1 saturated heterocycles. The third-order valence-electron chi connectivity index (χ3n) is 11.7. The molecule has 0 spiro atoms. The van der Waals surface area contributed by atoms with Gasteiger partial charge in [0.05, 0.1) is 6.10 Å². The first kappa shape index (κ1) is 26.4. The Balaban J connectivity index is 1.36. The molecule has 0 aromatic heterocycles. The number of fused-ring (bicyclic) bond motifs is 5. The summed E-state index contributed by atoms with van der Waals surface area (Å²) in [6.07, 6.45) is 14.3. The maximum absolute atomic E-state index is 14.2. The largest absolute Gasteiger partial charge is 0.481 e. The standard InChI is InChI=1S/C31H48O5/c1-5-21-25-18-20(36-27-8-6-7-17-35-27)13-15-31(25,4)24-14-16-30(3)22(19(2)9-12-26(32)33)10-11-23(30)28(24)29(21)34/h5,19-20,22-25,27-28H,6-18H2,1-4H3,(H,32,33)/b21-5-/t19-,20-,22?,23?,24?,25+,27?,28?,30-,31-/m1/s1. The number of ketones is 1. The van der Waals surface area contributed by atoms with Crippen molar-refractivity contribution in [3.63, 3.8) is 0 Å². The molecule has 0 amide bonds. The zero-order chi connectivity index (χ0) is 25.7. The molecule has 4 aliphatic carbocycles. The lowest BCUT2D eigenvalue weighted by atomic mass is 9.43. The zero-order valence-corrected chi connectivity index (χ0v) is 23.0. The summed E-state index contributed by atoms with van der Waals surface area (Å²) in [4.78, 5) is 25.5. The van der Waals surface area contributed by atoms with Gasteiger partial charge in [0.1, 0.15) is 0 Å². The number of aliphatic carboxylic acids is 1. The molecule has 1 aliphatic heterocycles. The number of Topliss-reactive ketones (excluding diaryl/α,β-unsaturated/α-hetero) is 1. The SMILES string of the molecule is C/C=C1\C(=O)C2C3CCC([C@H](C)CCC(=O)O)[C@@]3(C)CCC2[C@@]2(C)CC[C@@H](OC3CCCCO3)C[C@@H]12. The Morgan fingerprint density at radius 2 is 1.86 bits per heavy atom. The average Bonchev–Trinajstić information content (AvgIpc) is 3.21. The predicted octanol–water partition coefficient (Wildman–Crippen LogP) is 6.79. The molecule has 4 saturated carbocycles. The molecule has 1 heterocycles. The minimum atomic E-state index is -0.695. The first-order valence-corrected chi connectivity index (χ1v) is 14.9. The van der Waals surface area contributed by atoms with Gasteiger partial charge in [-0.15, -0.1) is 0 Å². The Morgan fingerprint density at radius 1 is 1.11 bits per heavy atom. The number of hydrogen-bond acceptors (Lipinski definition) is 4. The van der Waals surface area contributed by atoms with Crippen molar-refractivity contribution < 1.29 is 24.2 Å². The molecule has 10 atom stereocenters. The summed E-state index contributed by atoms with van der Waals surface area (Å²) >= 11 is 0. The molecular weight excluding hydrogens is 452 g/mol. The summed E-state index contributed by atoms with van der Waals surface area (Å²) in [7, 11) is 0. The topological polar surface area (TPSA) is 72.8 Å². The van der Waals surface area contributed by atoms with Crippen LogP contribution in [0.1, 0.15) is 105 Å². The first-order valence-electron chi connectivity index (χ1n) is 14.9. The first-order chi connectivity index (χ1) is 17.2. The number of carbonyl (C=O) groups excluding carboxylic acids is 1. The molecule has 1 N–H and O–H groups in total. The summed E-state index contributed by atoms with van der Waals surface area (Å²) in [6, 6.07) is 0. The van der Waals surface area contributed by atoms with Crippen LogP contribution >= 0.6 is 0 Å². The lowest BCUT2D eigenvalue weighted by Gasteiger charge is -2.61. The molecule has 5 unspecified atom stereocenters. The fourth-order valence-corrected chi connectivity index (χ4v) is 9.86. The maximum atomic E-state index is 14.2. The number of carboxylic acid groups (broad SMARTS) is 1. The number of allylic oxidation sites excluding steroid dienone is 2.